The highest BCUT2D eigenvalue weighted by Gasteiger charge is 2.19. The highest BCUT2D eigenvalue weighted by Crippen LogP contribution is 2.30. The van der Waals surface area contributed by atoms with E-state index in [-0.39, 0.29) is 11.7 Å². The topological polar surface area (TPSA) is 30.0 Å². The second-order valence-electron chi connectivity index (χ2n) is 4.34. The molecule has 0 aromatic carbocycles. The van der Waals surface area contributed by atoms with Crippen molar-refractivity contribution in [2.75, 3.05) is 0 Å². The number of pyridine rings is 1. The number of nitrogens with zero attached hydrogens (tertiary/aromatic N) is 1. The van der Waals surface area contributed by atoms with Crippen molar-refractivity contribution in [2.45, 2.75) is 26.2 Å². The molecule has 0 saturated heterocycles. The molecule has 0 saturated carbocycles. The summed E-state index contributed by atoms with van der Waals surface area (Å²) < 4.78 is 0. The lowest BCUT2D eigenvalue weighted by Gasteiger charge is -2.19. The van der Waals surface area contributed by atoms with Crippen molar-refractivity contribution in [1.29, 1.82) is 0 Å². The highest BCUT2D eigenvalue weighted by atomic mass is 16.1. The number of hydrogen-bond acceptors (Lipinski definition) is 2. The maximum atomic E-state index is 11.7. The molecule has 0 N–H and O–H groups in total. The second kappa shape index (κ2) is 5.58. The maximum absolute atomic E-state index is 11.7. The molecule has 1 atom stereocenters. The molecule has 0 radical (unpaired) electrons. The summed E-state index contributed by atoms with van der Waals surface area (Å²) in [6.45, 7) is 1.89. The van der Waals surface area contributed by atoms with Gasteiger partial charge < -0.3 is 0 Å². The minimum Gasteiger partial charge on any atom is -0.295 e. The van der Waals surface area contributed by atoms with Crippen LogP contribution < -0.4 is 0 Å². The monoisotopic (exact) mass is 227 g/mol. The molecule has 2 nitrogen and oxygen atoms in total. The maximum Gasteiger partial charge on any atom is 0.158 e. The standard InChI is InChI=1S/C15H17NO/c1-2-4-15(17)13-8-6-12(7-9-13)14-5-3-10-16-11-14/h2-6,10-11,13H,7-9H2,1H3/b4-2+. The van der Waals surface area contributed by atoms with Crippen molar-refractivity contribution in [3.8, 4) is 0 Å². The highest BCUT2D eigenvalue weighted by molar-refractivity contribution is 5.92. The summed E-state index contributed by atoms with van der Waals surface area (Å²) in [6.07, 6.45) is 12.1. The molecule has 1 aliphatic carbocycles. The van der Waals surface area contributed by atoms with Gasteiger partial charge in [0.15, 0.2) is 5.78 Å². The van der Waals surface area contributed by atoms with Crippen LogP contribution in [0.5, 0.6) is 0 Å². The van der Waals surface area contributed by atoms with Gasteiger partial charge in [0.2, 0.25) is 0 Å². The van der Waals surface area contributed by atoms with Gasteiger partial charge in [-0.15, -0.1) is 0 Å². The summed E-state index contributed by atoms with van der Waals surface area (Å²) >= 11 is 0. The van der Waals surface area contributed by atoms with E-state index in [9.17, 15) is 4.79 Å². The van der Waals surface area contributed by atoms with E-state index in [1.807, 2.05) is 25.3 Å². The molecule has 2 rings (SSSR count). The van der Waals surface area contributed by atoms with Crippen LogP contribution in [-0.2, 0) is 4.79 Å². The van der Waals surface area contributed by atoms with Crippen molar-refractivity contribution in [3.63, 3.8) is 0 Å². The largest absolute Gasteiger partial charge is 0.295 e. The Morgan fingerprint density at radius 3 is 3.00 bits per heavy atom. The molecule has 1 aliphatic rings. The second-order valence-corrected chi connectivity index (χ2v) is 4.34. The van der Waals surface area contributed by atoms with Crippen LogP contribution in [0.1, 0.15) is 31.7 Å². The van der Waals surface area contributed by atoms with Crippen molar-refractivity contribution in [1.82, 2.24) is 4.98 Å². The third kappa shape index (κ3) is 2.90. The Morgan fingerprint density at radius 1 is 1.53 bits per heavy atom. The van der Waals surface area contributed by atoms with E-state index in [1.54, 1.807) is 12.3 Å². The summed E-state index contributed by atoms with van der Waals surface area (Å²) in [6, 6.07) is 4.03. The number of rotatable bonds is 3. The number of hydrogen-bond donors (Lipinski definition) is 0. The average Bonchev–Trinajstić information content (AvgIpc) is 2.40. The Morgan fingerprint density at radius 2 is 2.41 bits per heavy atom. The first-order valence-electron chi connectivity index (χ1n) is 6.07. The van der Waals surface area contributed by atoms with Crippen LogP contribution in [0, 0.1) is 5.92 Å². The van der Waals surface area contributed by atoms with Crippen molar-refractivity contribution < 1.29 is 4.79 Å². The van der Waals surface area contributed by atoms with Gasteiger partial charge in [0.1, 0.15) is 0 Å². The zero-order valence-electron chi connectivity index (χ0n) is 10.1. The Bertz CT molecular complexity index is 445. The molecule has 1 unspecified atom stereocenters. The Balaban J connectivity index is 2.05. The molecule has 0 bridgehead atoms. The van der Waals surface area contributed by atoms with Gasteiger partial charge in [-0.25, -0.2) is 0 Å². The zero-order valence-corrected chi connectivity index (χ0v) is 10.1. The lowest BCUT2D eigenvalue weighted by atomic mass is 9.84. The van der Waals surface area contributed by atoms with Crippen LogP contribution in [0.3, 0.4) is 0 Å². The molecule has 17 heavy (non-hydrogen) atoms. The molecule has 88 valence electrons. The number of aromatic nitrogens is 1. The Kier molecular flexibility index (Phi) is 3.86. The van der Waals surface area contributed by atoms with Crippen molar-refractivity contribution in [2.24, 2.45) is 5.92 Å². The number of allylic oxidation sites excluding steroid dienone is 4. The Hall–Kier alpha value is -1.70. The smallest absolute Gasteiger partial charge is 0.158 e. The lowest BCUT2D eigenvalue weighted by Crippen LogP contribution is -2.14. The normalized spacial score (nSPS) is 20.3. The first-order valence-corrected chi connectivity index (χ1v) is 6.07. The summed E-state index contributed by atoms with van der Waals surface area (Å²) in [5, 5.41) is 0. The SMILES string of the molecule is C/C=C/C(=O)C1CC=C(c2cccnc2)CC1. The van der Waals surface area contributed by atoms with Crippen molar-refractivity contribution in [3.05, 3.63) is 48.3 Å². The lowest BCUT2D eigenvalue weighted by molar-refractivity contribution is -0.118. The van der Waals surface area contributed by atoms with Gasteiger partial charge in [0.25, 0.3) is 0 Å². The van der Waals surface area contributed by atoms with Crippen LogP contribution in [0.2, 0.25) is 0 Å². The van der Waals surface area contributed by atoms with E-state index >= 15 is 0 Å². The molecule has 0 amide bonds. The van der Waals surface area contributed by atoms with Crippen LogP contribution >= 0.6 is 0 Å². The van der Waals surface area contributed by atoms with Crippen LogP contribution in [0.4, 0.5) is 0 Å². The van der Waals surface area contributed by atoms with Gasteiger partial charge in [0.05, 0.1) is 0 Å². The van der Waals surface area contributed by atoms with Crippen LogP contribution in [0.15, 0.2) is 42.8 Å². The number of carbonyl (C=O) groups excluding carboxylic acids is 1. The van der Waals surface area contributed by atoms with E-state index < -0.39 is 0 Å². The third-order valence-corrected chi connectivity index (χ3v) is 3.18. The summed E-state index contributed by atoms with van der Waals surface area (Å²) in [5.41, 5.74) is 2.51. The van der Waals surface area contributed by atoms with E-state index in [4.69, 9.17) is 0 Å². The minimum atomic E-state index is 0.173. The van der Waals surface area contributed by atoms with Gasteiger partial charge in [-0.05, 0) is 49.5 Å². The predicted octanol–water partition coefficient (Wildman–Crippen LogP) is 3.41. The van der Waals surface area contributed by atoms with Gasteiger partial charge in [-0.2, -0.15) is 0 Å². The van der Waals surface area contributed by atoms with E-state index in [2.05, 4.69) is 17.1 Å². The first-order chi connectivity index (χ1) is 8.31. The van der Waals surface area contributed by atoms with E-state index in [0.717, 1.165) is 19.3 Å². The molecule has 0 spiro atoms. The van der Waals surface area contributed by atoms with Gasteiger partial charge in [-0.1, -0.05) is 18.2 Å². The average molecular weight is 227 g/mol. The molecular formula is C15H17NO. The van der Waals surface area contributed by atoms with Gasteiger partial charge in [0, 0.05) is 18.3 Å². The molecule has 1 heterocycles. The first kappa shape index (κ1) is 11.8. The third-order valence-electron chi connectivity index (χ3n) is 3.18. The van der Waals surface area contributed by atoms with Crippen LogP contribution in [0.25, 0.3) is 5.57 Å². The fourth-order valence-electron chi connectivity index (χ4n) is 2.21. The zero-order chi connectivity index (χ0) is 12.1. The quantitative estimate of drug-likeness (QED) is 0.741. The van der Waals surface area contributed by atoms with E-state index in [1.165, 1.54) is 11.1 Å². The number of ketones is 1. The summed E-state index contributed by atoms with van der Waals surface area (Å²) in [4.78, 5) is 15.8. The summed E-state index contributed by atoms with van der Waals surface area (Å²) in [7, 11) is 0. The summed E-state index contributed by atoms with van der Waals surface area (Å²) in [5.74, 6) is 0.431. The van der Waals surface area contributed by atoms with Gasteiger partial charge >= 0.3 is 0 Å². The fraction of sp³-hybridized carbons (Fsp3) is 0.333. The fourth-order valence-corrected chi connectivity index (χ4v) is 2.21. The van der Waals surface area contributed by atoms with Gasteiger partial charge in [-0.3, -0.25) is 9.78 Å². The Labute approximate surface area is 102 Å². The molecule has 1 aromatic heterocycles. The molecule has 0 aliphatic heterocycles. The molecule has 2 heteroatoms. The molecule has 0 fully saturated rings. The molecule has 1 aromatic rings. The number of carbonyl (C=O) groups is 1. The predicted molar refractivity (Wildman–Crippen MR) is 69.4 cm³/mol. The van der Waals surface area contributed by atoms with Crippen molar-refractivity contribution >= 4 is 11.4 Å². The van der Waals surface area contributed by atoms with E-state index in [0.29, 0.717) is 0 Å². The molecular weight excluding hydrogens is 210 g/mol. The van der Waals surface area contributed by atoms with Crippen LogP contribution in [-0.4, -0.2) is 10.8 Å². The minimum absolute atomic E-state index is 0.173.